The summed E-state index contributed by atoms with van der Waals surface area (Å²) >= 11 is 0. The molecule has 13 heavy (non-hydrogen) atoms. The Balaban J connectivity index is 3.01. The lowest BCUT2D eigenvalue weighted by Crippen LogP contribution is -2.59. The van der Waals surface area contributed by atoms with E-state index < -0.39 is 8.07 Å². The summed E-state index contributed by atoms with van der Waals surface area (Å²) in [5.41, 5.74) is 0. The van der Waals surface area contributed by atoms with Crippen LogP contribution < -0.4 is 5.19 Å². The highest BCUT2D eigenvalue weighted by Crippen LogP contribution is 2.01. The Hall–Kier alpha value is -0.683. The first kappa shape index (κ1) is 10.4. The van der Waals surface area contributed by atoms with Gasteiger partial charge in [-0.3, -0.25) is 0 Å². The third-order valence-corrected chi connectivity index (χ3v) is 5.67. The van der Waals surface area contributed by atoms with Gasteiger partial charge in [-0.2, -0.15) is 0 Å². The Kier molecular flexibility index (Phi) is 3.62. The van der Waals surface area contributed by atoms with Crippen LogP contribution in [0.1, 0.15) is 0 Å². The molecule has 0 spiro atoms. The van der Waals surface area contributed by atoms with Crippen LogP contribution in [0.15, 0.2) is 30.3 Å². The van der Waals surface area contributed by atoms with E-state index in [1.807, 2.05) is 30.3 Å². The highest BCUT2D eigenvalue weighted by Gasteiger charge is 2.33. The average Bonchev–Trinajstić information content (AvgIpc) is 2.23. The Morgan fingerprint density at radius 2 is 1.31 bits per heavy atom. The standard InChI is InChI=1S/C9H14O3Si/c10-6-13(7-11,8-12)9-4-2-1-3-5-9/h1-5,10-12H,6-8H2. The zero-order chi connectivity index (χ0) is 9.73. The van der Waals surface area contributed by atoms with Gasteiger partial charge in [0.05, 0.1) is 0 Å². The Bertz CT molecular complexity index is 238. The molecule has 0 bridgehead atoms. The largest absolute Gasteiger partial charge is 0.399 e. The van der Waals surface area contributed by atoms with E-state index in [0.717, 1.165) is 5.19 Å². The minimum atomic E-state index is -2.43. The third-order valence-electron chi connectivity index (χ3n) is 2.29. The third kappa shape index (κ3) is 1.97. The Labute approximate surface area is 78.3 Å². The summed E-state index contributed by atoms with van der Waals surface area (Å²) in [6, 6.07) is 9.24. The normalized spacial score (nSPS) is 11.6. The molecule has 4 heteroatoms. The molecule has 1 aromatic carbocycles. The predicted octanol–water partition coefficient (Wildman–Crippen LogP) is -1.06. The highest BCUT2D eigenvalue weighted by atomic mass is 28.3. The summed E-state index contributed by atoms with van der Waals surface area (Å²) in [6.07, 6.45) is -0.363. The zero-order valence-corrected chi connectivity index (χ0v) is 8.35. The van der Waals surface area contributed by atoms with E-state index in [9.17, 15) is 15.3 Å². The number of benzene rings is 1. The van der Waals surface area contributed by atoms with Gasteiger partial charge in [0.15, 0.2) is 8.07 Å². The maximum atomic E-state index is 9.17. The van der Waals surface area contributed by atoms with Gasteiger partial charge in [-0.15, -0.1) is 0 Å². The molecule has 72 valence electrons. The van der Waals surface area contributed by atoms with Gasteiger partial charge in [-0.25, -0.2) is 0 Å². The summed E-state index contributed by atoms with van der Waals surface area (Å²) in [6.45, 7) is 0. The van der Waals surface area contributed by atoms with E-state index in [2.05, 4.69) is 0 Å². The van der Waals surface area contributed by atoms with Gasteiger partial charge >= 0.3 is 0 Å². The maximum absolute atomic E-state index is 9.17. The Morgan fingerprint density at radius 1 is 0.846 bits per heavy atom. The lowest BCUT2D eigenvalue weighted by Gasteiger charge is -2.24. The molecule has 1 aromatic rings. The SMILES string of the molecule is OC[Si](CO)(CO)c1ccccc1. The molecule has 0 aliphatic heterocycles. The van der Waals surface area contributed by atoms with Crippen LogP contribution in [0.4, 0.5) is 0 Å². The summed E-state index contributed by atoms with van der Waals surface area (Å²) in [5.74, 6) is 0. The molecular formula is C9H14O3Si. The van der Waals surface area contributed by atoms with Crippen molar-refractivity contribution < 1.29 is 15.3 Å². The molecule has 0 amide bonds. The van der Waals surface area contributed by atoms with Crippen LogP contribution in [0.3, 0.4) is 0 Å². The van der Waals surface area contributed by atoms with Crippen LogP contribution in [-0.4, -0.2) is 42.1 Å². The minimum Gasteiger partial charge on any atom is -0.399 e. The molecule has 3 nitrogen and oxygen atoms in total. The summed E-state index contributed by atoms with van der Waals surface area (Å²) in [4.78, 5) is 0. The van der Waals surface area contributed by atoms with Gasteiger partial charge in [-0.1, -0.05) is 35.5 Å². The molecule has 0 aliphatic rings. The van der Waals surface area contributed by atoms with Gasteiger partial charge in [0.25, 0.3) is 0 Å². The van der Waals surface area contributed by atoms with E-state index in [1.54, 1.807) is 0 Å². The van der Waals surface area contributed by atoms with Crippen molar-refractivity contribution in [3.63, 3.8) is 0 Å². The summed E-state index contributed by atoms with van der Waals surface area (Å²) in [5, 5.41) is 28.4. The lowest BCUT2D eigenvalue weighted by atomic mass is 10.4. The van der Waals surface area contributed by atoms with Crippen molar-refractivity contribution in [1.82, 2.24) is 0 Å². The molecule has 1 rings (SSSR count). The molecule has 0 unspecified atom stereocenters. The van der Waals surface area contributed by atoms with Gasteiger partial charge in [-0.05, 0) is 0 Å². The van der Waals surface area contributed by atoms with E-state index in [0.29, 0.717) is 0 Å². The van der Waals surface area contributed by atoms with Crippen LogP contribution in [0.2, 0.25) is 0 Å². The number of hydrogen-bond donors (Lipinski definition) is 3. The lowest BCUT2D eigenvalue weighted by molar-refractivity contribution is 0.293. The maximum Gasteiger partial charge on any atom is 0.168 e. The zero-order valence-electron chi connectivity index (χ0n) is 7.35. The van der Waals surface area contributed by atoms with E-state index >= 15 is 0 Å². The molecular weight excluding hydrogens is 184 g/mol. The quantitative estimate of drug-likeness (QED) is 0.540. The van der Waals surface area contributed by atoms with Crippen LogP contribution in [0.5, 0.6) is 0 Å². The van der Waals surface area contributed by atoms with Crippen LogP contribution in [-0.2, 0) is 0 Å². The fourth-order valence-corrected chi connectivity index (χ4v) is 2.96. The second-order valence-electron chi connectivity index (χ2n) is 3.12. The monoisotopic (exact) mass is 198 g/mol. The smallest absolute Gasteiger partial charge is 0.168 e. The Morgan fingerprint density at radius 3 is 1.69 bits per heavy atom. The van der Waals surface area contributed by atoms with Crippen molar-refractivity contribution in [2.45, 2.75) is 0 Å². The van der Waals surface area contributed by atoms with Crippen molar-refractivity contribution >= 4 is 13.3 Å². The number of rotatable bonds is 4. The van der Waals surface area contributed by atoms with E-state index in [-0.39, 0.29) is 18.7 Å². The second-order valence-corrected chi connectivity index (χ2v) is 7.21. The fraction of sp³-hybridized carbons (Fsp3) is 0.333. The van der Waals surface area contributed by atoms with Crippen molar-refractivity contribution in [3.8, 4) is 0 Å². The van der Waals surface area contributed by atoms with E-state index in [4.69, 9.17) is 0 Å². The summed E-state index contributed by atoms with van der Waals surface area (Å²) in [7, 11) is -2.43. The molecule has 3 N–H and O–H groups in total. The van der Waals surface area contributed by atoms with Crippen molar-refractivity contribution in [1.29, 1.82) is 0 Å². The first-order chi connectivity index (χ1) is 6.29. The molecule has 0 aliphatic carbocycles. The molecule has 0 saturated heterocycles. The highest BCUT2D eigenvalue weighted by molar-refractivity contribution is 6.91. The fourth-order valence-electron chi connectivity index (χ4n) is 1.22. The van der Waals surface area contributed by atoms with Crippen molar-refractivity contribution in [3.05, 3.63) is 30.3 Å². The average molecular weight is 198 g/mol. The molecule has 0 atom stereocenters. The molecule has 0 saturated carbocycles. The number of aliphatic hydroxyl groups is 3. The van der Waals surface area contributed by atoms with Gasteiger partial charge < -0.3 is 15.3 Å². The molecule has 0 heterocycles. The number of aliphatic hydroxyl groups excluding tert-OH is 3. The van der Waals surface area contributed by atoms with E-state index in [1.165, 1.54) is 0 Å². The van der Waals surface area contributed by atoms with Crippen molar-refractivity contribution in [2.24, 2.45) is 0 Å². The predicted molar refractivity (Wildman–Crippen MR) is 53.1 cm³/mol. The first-order valence-electron chi connectivity index (χ1n) is 4.17. The van der Waals surface area contributed by atoms with Gasteiger partial charge in [0, 0.05) is 18.7 Å². The van der Waals surface area contributed by atoms with Crippen LogP contribution >= 0.6 is 0 Å². The van der Waals surface area contributed by atoms with Gasteiger partial charge in [0.1, 0.15) is 0 Å². The van der Waals surface area contributed by atoms with Gasteiger partial charge in [0.2, 0.25) is 0 Å². The molecule has 0 fully saturated rings. The van der Waals surface area contributed by atoms with Crippen LogP contribution in [0.25, 0.3) is 0 Å². The van der Waals surface area contributed by atoms with Crippen LogP contribution in [0, 0.1) is 0 Å². The molecule has 0 aromatic heterocycles. The minimum absolute atomic E-state index is 0.121. The second kappa shape index (κ2) is 4.52. The first-order valence-corrected chi connectivity index (χ1v) is 6.79. The summed E-state index contributed by atoms with van der Waals surface area (Å²) < 4.78 is 0. The topological polar surface area (TPSA) is 60.7 Å². The number of hydrogen-bond acceptors (Lipinski definition) is 3. The van der Waals surface area contributed by atoms with Crippen molar-refractivity contribution in [2.75, 3.05) is 18.7 Å². The molecule has 0 radical (unpaired) electrons.